The number of hydrogen-bond donors (Lipinski definition) is 2. The van der Waals surface area contributed by atoms with Crippen LogP contribution < -0.4 is 11.1 Å². The van der Waals surface area contributed by atoms with Gasteiger partial charge in [0.15, 0.2) is 0 Å². The van der Waals surface area contributed by atoms with Crippen molar-refractivity contribution in [3.8, 4) is 0 Å². The van der Waals surface area contributed by atoms with Crippen molar-refractivity contribution in [2.24, 2.45) is 0 Å². The fourth-order valence-corrected chi connectivity index (χ4v) is 1.45. The fourth-order valence-electron chi connectivity index (χ4n) is 1.45. The van der Waals surface area contributed by atoms with Crippen molar-refractivity contribution >= 4 is 11.4 Å². The highest BCUT2D eigenvalue weighted by atomic mass is 16.5. The van der Waals surface area contributed by atoms with Gasteiger partial charge in [-0.2, -0.15) is 0 Å². The summed E-state index contributed by atoms with van der Waals surface area (Å²) in [6.45, 7) is 3.67. The predicted octanol–water partition coefficient (Wildman–Crippen LogP) is 1.47. The average Bonchev–Trinajstić information content (AvgIpc) is 2.01. The molecular formula is C10H14N2O. The lowest BCUT2D eigenvalue weighted by Crippen LogP contribution is -2.53. The molecule has 1 aliphatic heterocycles. The number of ether oxygens (including phenoxy) is 1. The lowest BCUT2D eigenvalue weighted by atomic mass is 10.0. The summed E-state index contributed by atoms with van der Waals surface area (Å²) >= 11 is 0. The quantitative estimate of drug-likeness (QED) is 0.674. The SMILES string of the molecule is CC1(Nc2cccc(N)c2)COC1. The Labute approximate surface area is 77.9 Å². The minimum Gasteiger partial charge on any atom is -0.399 e. The zero-order valence-corrected chi connectivity index (χ0v) is 7.71. The maximum absolute atomic E-state index is 5.67. The van der Waals surface area contributed by atoms with Crippen LogP contribution in [0.2, 0.25) is 0 Å². The van der Waals surface area contributed by atoms with Gasteiger partial charge in [0, 0.05) is 11.4 Å². The largest absolute Gasteiger partial charge is 0.399 e. The molecule has 2 rings (SSSR count). The summed E-state index contributed by atoms with van der Waals surface area (Å²) in [7, 11) is 0. The Morgan fingerprint density at radius 1 is 1.46 bits per heavy atom. The van der Waals surface area contributed by atoms with E-state index < -0.39 is 0 Å². The first-order chi connectivity index (χ1) is 6.18. The van der Waals surface area contributed by atoms with E-state index >= 15 is 0 Å². The van der Waals surface area contributed by atoms with E-state index in [0.29, 0.717) is 0 Å². The molecule has 1 heterocycles. The molecule has 1 fully saturated rings. The second-order valence-corrected chi connectivity index (χ2v) is 3.80. The molecule has 3 heteroatoms. The number of hydrogen-bond acceptors (Lipinski definition) is 3. The number of anilines is 2. The first kappa shape index (κ1) is 8.38. The molecule has 0 bridgehead atoms. The minimum absolute atomic E-state index is 0.0911. The van der Waals surface area contributed by atoms with E-state index in [1.165, 1.54) is 0 Å². The number of nitrogen functional groups attached to an aromatic ring is 1. The molecule has 0 aliphatic carbocycles. The van der Waals surface area contributed by atoms with Crippen LogP contribution in [0.5, 0.6) is 0 Å². The smallest absolute Gasteiger partial charge is 0.0811 e. The Balaban J connectivity index is 2.09. The molecule has 1 aromatic carbocycles. The second kappa shape index (κ2) is 2.92. The summed E-state index contributed by atoms with van der Waals surface area (Å²) < 4.78 is 5.15. The number of nitrogens with one attached hydrogen (secondary N) is 1. The van der Waals surface area contributed by atoms with Crippen LogP contribution in [0.15, 0.2) is 24.3 Å². The Morgan fingerprint density at radius 2 is 2.23 bits per heavy atom. The van der Waals surface area contributed by atoms with Gasteiger partial charge in [0.2, 0.25) is 0 Å². The van der Waals surface area contributed by atoms with Crippen LogP contribution >= 0.6 is 0 Å². The molecule has 0 atom stereocenters. The molecule has 1 aromatic rings. The molecule has 1 saturated heterocycles. The van der Waals surface area contributed by atoms with Crippen molar-refractivity contribution < 1.29 is 4.74 Å². The van der Waals surface area contributed by atoms with E-state index in [4.69, 9.17) is 10.5 Å². The minimum atomic E-state index is 0.0911. The van der Waals surface area contributed by atoms with Gasteiger partial charge in [-0.05, 0) is 25.1 Å². The maximum atomic E-state index is 5.67. The molecular weight excluding hydrogens is 164 g/mol. The monoisotopic (exact) mass is 178 g/mol. The maximum Gasteiger partial charge on any atom is 0.0811 e. The summed E-state index contributed by atoms with van der Waals surface area (Å²) in [5, 5.41) is 3.39. The van der Waals surface area contributed by atoms with Crippen LogP contribution in [0.4, 0.5) is 11.4 Å². The van der Waals surface area contributed by atoms with Gasteiger partial charge in [0.25, 0.3) is 0 Å². The van der Waals surface area contributed by atoms with Crippen LogP contribution in [0.3, 0.4) is 0 Å². The molecule has 3 nitrogen and oxygen atoms in total. The van der Waals surface area contributed by atoms with Crippen LogP contribution in [0.1, 0.15) is 6.92 Å². The van der Waals surface area contributed by atoms with Crippen LogP contribution in [0, 0.1) is 0 Å². The van der Waals surface area contributed by atoms with Gasteiger partial charge in [-0.1, -0.05) is 6.07 Å². The molecule has 0 aromatic heterocycles. The summed E-state index contributed by atoms with van der Waals surface area (Å²) in [5.41, 5.74) is 7.60. The highest BCUT2D eigenvalue weighted by molar-refractivity contribution is 5.55. The molecule has 0 saturated carbocycles. The highest BCUT2D eigenvalue weighted by Gasteiger charge is 2.32. The molecule has 1 aliphatic rings. The highest BCUT2D eigenvalue weighted by Crippen LogP contribution is 2.23. The van der Waals surface area contributed by atoms with Crippen molar-refractivity contribution in [3.05, 3.63) is 24.3 Å². The zero-order valence-electron chi connectivity index (χ0n) is 7.71. The third-order valence-electron chi connectivity index (χ3n) is 2.17. The van der Waals surface area contributed by atoms with Gasteiger partial charge >= 0.3 is 0 Å². The third kappa shape index (κ3) is 1.75. The van der Waals surface area contributed by atoms with Gasteiger partial charge in [-0.3, -0.25) is 0 Å². The molecule has 70 valence electrons. The van der Waals surface area contributed by atoms with Crippen LogP contribution in [-0.4, -0.2) is 18.8 Å². The van der Waals surface area contributed by atoms with Crippen molar-refractivity contribution in [3.63, 3.8) is 0 Å². The van der Waals surface area contributed by atoms with Crippen molar-refractivity contribution in [2.75, 3.05) is 24.3 Å². The summed E-state index contributed by atoms with van der Waals surface area (Å²) in [5.74, 6) is 0. The first-order valence-corrected chi connectivity index (χ1v) is 4.39. The number of benzene rings is 1. The molecule has 3 N–H and O–H groups in total. The standard InChI is InChI=1S/C10H14N2O/c1-10(6-13-7-10)12-9-4-2-3-8(11)5-9/h2-5,12H,6-7,11H2,1H3. The van der Waals surface area contributed by atoms with Gasteiger partial charge in [0.1, 0.15) is 0 Å². The third-order valence-corrected chi connectivity index (χ3v) is 2.17. The zero-order chi connectivity index (χ0) is 9.31. The Kier molecular flexibility index (Phi) is 1.88. The lowest BCUT2D eigenvalue weighted by molar-refractivity contribution is -0.0318. The van der Waals surface area contributed by atoms with E-state index in [9.17, 15) is 0 Å². The number of nitrogens with two attached hydrogens (primary N) is 1. The van der Waals surface area contributed by atoms with E-state index in [-0.39, 0.29) is 5.54 Å². The van der Waals surface area contributed by atoms with E-state index in [1.807, 2.05) is 24.3 Å². The summed E-state index contributed by atoms with van der Waals surface area (Å²) in [6.07, 6.45) is 0. The number of rotatable bonds is 2. The average molecular weight is 178 g/mol. The summed E-state index contributed by atoms with van der Waals surface area (Å²) in [4.78, 5) is 0. The normalized spacial score (nSPS) is 19.2. The van der Waals surface area contributed by atoms with Crippen LogP contribution in [0.25, 0.3) is 0 Å². The van der Waals surface area contributed by atoms with Crippen molar-refractivity contribution in [2.45, 2.75) is 12.5 Å². The Bertz CT molecular complexity index is 308. The predicted molar refractivity (Wildman–Crippen MR) is 53.7 cm³/mol. The lowest BCUT2D eigenvalue weighted by Gasteiger charge is -2.39. The van der Waals surface area contributed by atoms with Gasteiger partial charge < -0.3 is 15.8 Å². The molecule has 0 unspecified atom stereocenters. The summed E-state index contributed by atoms with van der Waals surface area (Å²) in [6, 6.07) is 7.77. The Hall–Kier alpha value is -1.22. The van der Waals surface area contributed by atoms with E-state index in [2.05, 4.69) is 12.2 Å². The molecule has 0 spiro atoms. The molecule has 13 heavy (non-hydrogen) atoms. The van der Waals surface area contributed by atoms with Crippen molar-refractivity contribution in [1.82, 2.24) is 0 Å². The van der Waals surface area contributed by atoms with Gasteiger partial charge in [-0.15, -0.1) is 0 Å². The van der Waals surface area contributed by atoms with E-state index in [1.54, 1.807) is 0 Å². The second-order valence-electron chi connectivity index (χ2n) is 3.80. The first-order valence-electron chi connectivity index (χ1n) is 4.39. The topological polar surface area (TPSA) is 47.3 Å². The van der Waals surface area contributed by atoms with Crippen LogP contribution in [-0.2, 0) is 4.74 Å². The van der Waals surface area contributed by atoms with E-state index in [0.717, 1.165) is 24.6 Å². The van der Waals surface area contributed by atoms with Gasteiger partial charge in [-0.25, -0.2) is 0 Å². The van der Waals surface area contributed by atoms with Crippen molar-refractivity contribution in [1.29, 1.82) is 0 Å². The fraction of sp³-hybridized carbons (Fsp3) is 0.400. The molecule has 0 amide bonds. The van der Waals surface area contributed by atoms with Gasteiger partial charge in [0.05, 0.1) is 18.8 Å². The Morgan fingerprint density at radius 3 is 2.77 bits per heavy atom. The molecule has 0 radical (unpaired) electrons.